The third-order valence-electron chi connectivity index (χ3n) is 1.23. The van der Waals surface area contributed by atoms with Crippen molar-refractivity contribution in [2.45, 2.75) is 12.7 Å². The molecular formula is C7H10N2O2S. The second-order valence-electron chi connectivity index (χ2n) is 2.75. The van der Waals surface area contributed by atoms with Crippen molar-refractivity contribution < 1.29 is 8.42 Å². The van der Waals surface area contributed by atoms with E-state index in [2.05, 4.69) is 9.97 Å². The Morgan fingerprint density at radius 1 is 1.33 bits per heavy atom. The zero-order chi connectivity index (χ0) is 9.19. The van der Waals surface area contributed by atoms with Gasteiger partial charge in [0.25, 0.3) is 0 Å². The first-order chi connectivity index (χ1) is 5.47. The van der Waals surface area contributed by atoms with Gasteiger partial charge in [-0.1, -0.05) is 0 Å². The molecule has 1 aromatic rings. The Balaban J connectivity index is 2.85. The third-order valence-corrected chi connectivity index (χ3v) is 2.01. The van der Waals surface area contributed by atoms with Crippen molar-refractivity contribution in [1.82, 2.24) is 9.97 Å². The fourth-order valence-corrected chi connectivity index (χ4v) is 1.35. The maximum atomic E-state index is 10.8. The molecule has 0 spiro atoms. The van der Waals surface area contributed by atoms with Gasteiger partial charge in [0.05, 0.1) is 0 Å². The Bertz CT molecular complexity index is 355. The molecule has 0 aromatic carbocycles. The molecule has 1 heterocycles. The molecule has 0 fully saturated rings. The van der Waals surface area contributed by atoms with Crippen molar-refractivity contribution in [3.05, 3.63) is 23.8 Å². The van der Waals surface area contributed by atoms with Gasteiger partial charge in [0.2, 0.25) is 0 Å². The Morgan fingerprint density at radius 2 is 1.83 bits per heavy atom. The van der Waals surface area contributed by atoms with Crippen LogP contribution in [-0.4, -0.2) is 24.6 Å². The lowest BCUT2D eigenvalue weighted by Gasteiger charge is -1.96. The minimum atomic E-state index is -3.02. The van der Waals surface area contributed by atoms with Gasteiger partial charge < -0.3 is 0 Å². The molecule has 0 unspecified atom stereocenters. The molecule has 66 valence electrons. The molecule has 5 heteroatoms. The highest BCUT2D eigenvalue weighted by Crippen LogP contribution is 1.98. The molecule has 0 bridgehead atoms. The summed E-state index contributed by atoms with van der Waals surface area (Å²) in [6, 6.07) is 0. The standard InChI is InChI=1S/C7H10N2O2S/c1-6-3-8-7(9-4-6)5-12(2,10)11/h3-4H,5H2,1-2H3. The van der Waals surface area contributed by atoms with E-state index in [1.807, 2.05) is 6.92 Å². The number of nitrogens with zero attached hydrogens (tertiary/aromatic N) is 2. The van der Waals surface area contributed by atoms with Crippen LogP contribution in [-0.2, 0) is 15.6 Å². The molecule has 0 N–H and O–H groups in total. The number of aryl methyl sites for hydroxylation is 1. The molecule has 0 aliphatic heterocycles. The monoisotopic (exact) mass is 186 g/mol. The average Bonchev–Trinajstić information content (AvgIpc) is 1.91. The highest BCUT2D eigenvalue weighted by molar-refractivity contribution is 7.89. The van der Waals surface area contributed by atoms with Crippen LogP contribution in [0.1, 0.15) is 11.4 Å². The quantitative estimate of drug-likeness (QED) is 0.667. The topological polar surface area (TPSA) is 59.9 Å². The van der Waals surface area contributed by atoms with E-state index < -0.39 is 9.84 Å². The molecule has 0 amide bonds. The summed E-state index contributed by atoms with van der Waals surface area (Å²) in [5.74, 6) is 0.260. The van der Waals surface area contributed by atoms with Crippen molar-refractivity contribution in [3.8, 4) is 0 Å². The van der Waals surface area contributed by atoms with E-state index in [0.29, 0.717) is 5.82 Å². The van der Waals surface area contributed by atoms with Gasteiger partial charge in [-0.3, -0.25) is 0 Å². The van der Waals surface area contributed by atoms with Gasteiger partial charge in [-0.15, -0.1) is 0 Å². The van der Waals surface area contributed by atoms with Crippen molar-refractivity contribution in [1.29, 1.82) is 0 Å². The van der Waals surface area contributed by atoms with Gasteiger partial charge in [-0.25, -0.2) is 18.4 Å². The summed E-state index contributed by atoms with van der Waals surface area (Å²) in [4.78, 5) is 7.75. The van der Waals surface area contributed by atoms with Crippen molar-refractivity contribution in [2.75, 3.05) is 6.26 Å². The molecule has 0 saturated carbocycles. The smallest absolute Gasteiger partial charge is 0.154 e. The summed E-state index contributed by atoms with van der Waals surface area (Å²) in [6.07, 6.45) is 4.37. The molecule has 4 nitrogen and oxygen atoms in total. The first-order valence-electron chi connectivity index (χ1n) is 3.42. The van der Waals surface area contributed by atoms with Crippen LogP contribution < -0.4 is 0 Å². The van der Waals surface area contributed by atoms with E-state index in [9.17, 15) is 8.42 Å². The van der Waals surface area contributed by atoms with Crippen LogP contribution in [0.15, 0.2) is 12.4 Å². The van der Waals surface area contributed by atoms with E-state index in [-0.39, 0.29) is 5.75 Å². The molecule has 1 rings (SSSR count). The average molecular weight is 186 g/mol. The second kappa shape index (κ2) is 3.18. The van der Waals surface area contributed by atoms with Crippen LogP contribution in [0.2, 0.25) is 0 Å². The van der Waals surface area contributed by atoms with Crippen LogP contribution in [0.5, 0.6) is 0 Å². The number of sulfone groups is 1. The Labute approximate surface area is 71.6 Å². The predicted octanol–water partition coefficient (Wildman–Crippen LogP) is 0.330. The van der Waals surface area contributed by atoms with E-state index >= 15 is 0 Å². The number of aromatic nitrogens is 2. The molecular weight excluding hydrogens is 176 g/mol. The maximum absolute atomic E-state index is 10.8. The zero-order valence-corrected chi connectivity index (χ0v) is 7.80. The first kappa shape index (κ1) is 9.12. The van der Waals surface area contributed by atoms with Crippen LogP contribution >= 0.6 is 0 Å². The highest BCUT2D eigenvalue weighted by Gasteiger charge is 2.05. The van der Waals surface area contributed by atoms with Gasteiger partial charge in [-0.05, 0) is 12.5 Å². The van der Waals surface area contributed by atoms with Gasteiger partial charge in [0.15, 0.2) is 9.84 Å². The van der Waals surface area contributed by atoms with Gasteiger partial charge in [0.1, 0.15) is 11.6 Å². The van der Waals surface area contributed by atoms with Gasteiger partial charge in [-0.2, -0.15) is 0 Å². The fraction of sp³-hybridized carbons (Fsp3) is 0.429. The van der Waals surface area contributed by atoms with Crippen LogP contribution in [0.25, 0.3) is 0 Å². The second-order valence-corrected chi connectivity index (χ2v) is 4.89. The van der Waals surface area contributed by atoms with Crippen LogP contribution in [0.4, 0.5) is 0 Å². The largest absolute Gasteiger partial charge is 0.240 e. The Kier molecular flexibility index (Phi) is 2.42. The predicted molar refractivity (Wildman–Crippen MR) is 45.3 cm³/mol. The summed E-state index contributed by atoms with van der Waals surface area (Å²) in [7, 11) is -3.02. The Hall–Kier alpha value is -0.970. The molecule has 0 radical (unpaired) electrons. The molecule has 0 atom stereocenters. The summed E-state index contributed by atoms with van der Waals surface area (Å²) >= 11 is 0. The molecule has 0 aliphatic carbocycles. The van der Waals surface area contributed by atoms with E-state index in [1.165, 1.54) is 0 Å². The zero-order valence-electron chi connectivity index (χ0n) is 6.98. The van der Waals surface area contributed by atoms with Gasteiger partial charge in [0, 0.05) is 18.6 Å². The molecule has 0 aliphatic rings. The minimum Gasteiger partial charge on any atom is -0.240 e. The maximum Gasteiger partial charge on any atom is 0.154 e. The third kappa shape index (κ3) is 2.96. The molecule has 1 aromatic heterocycles. The number of hydrogen-bond acceptors (Lipinski definition) is 4. The summed E-state index contributed by atoms with van der Waals surface area (Å²) < 4.78 is 21.6. The lowest BCUT2D eigenvalue weighted by molar-refractivity contribution is 0.599. The van der Waals surface area contributed by atoms with Crippen LogP contribution in [0.3, 0.4) is 0 Å². The molecule has 0 saturated heterocycles. The summed E-state index contributed by atoms with van der Waals surface area (Å²) in [6.45, 7) is 1.85. The van der Waals surface area contributed by atoms with Crippen molar-refractivity contribution >= 4 is 9.84 Å². The number of hydrogen-bond donors (Lipinski definition) is 0. The van der Waals surface area contributed by atoms with Gasteiger partial charge >= 0.3 is 0 Å². The SMILES string of the molecule is Cc1cnc(CS(C)(=O)=O)nc1. The fourth-order valence-electron chi connectivity index (χ4n) is 0.728. The molecule has 12 heavy (non-hydrogen) atoms. The first-order valence-corrected chi connectivity index (χ1v) is 5.49. The highest BCUT2D eigenvalue weighted by atomic mass is 32.2. The summed E-state index contributed by atoms with van der Waals surface area (Å²) in [5.41, 5.74) is 0.923. The Morgan fingerprint density at radius 3 is 2.25 bits per heavy atom. The van der Waals surface area contributed by atoms with E-state index in [0.717, 1.165) is 11.8 Å². The van der Waals surface area contributed by atoms with Crippen LogP contribution in [0, 0.1) is 6.92 Å². The minimum absolute atomic E-state index is 0.0900. The normalized spacial score (nSPS) is 11.5. The van der Waals surface area contributed by atoms with Crippen molar-refractivity contribution in [2.24, 2.45) is 0 Å². The summed E-state index contributed by atoms with van der Waals surface area (Å²) in [5, 5.41) is 0. The van der Waals surface area contributed by atoms with E-state index in [4.69, 9.17) is 0 Å². The van der Waals surface area contributed by atoms with E-state index in [1.54, 1.807) is 12.4 Å². The van der Waals surface area contributed by atoms with Crippen molar-refractivity contribution in [3.63, 3.8) is 0 Å². The lowest BCUT2D eigenvalue weighted by Crippen LogP contribution is -2.04. The lowest BCUT2D eigenvalue weighted by atomic mass is 10.4. The number of rotatable bonds is 2.